The summed E-state index contributed by atoms with van der Waals surface area (Å²) in [5.74, 6) is -0.00588. The van der Waals surface area contributed by atoms with E-state index in [4.69, 9.17) is 0 Å². The van der Waals surface area contributed by atoms with Crippen molar-refractivity contribution < 1.29 is 4.79 Å². The number of carbonyl (C=O) groups excluding carboxylic acids is 1. The van der Waals surface area contributed by atoms with Gasteiger partial charge in [-0.25, -0.2) is 0 Å². The van der Waals surface area contributed by atoms with Crippen molar-refractivity contribution in [1.29, 1.82) is 0 Å². The molecule has 0 aliphatic rings. The van der Waals surface area contributed by atoms with Gasteiger partial charge in [0, 0.05) is 11.8 Å². The summed E-state index contributed by atoms with van der Waals surface area (Å²) in [6.45, 7) is 0. The highest BCUT2D eigenvalue weighted by Crippen LogP contribution is 2.29. The Kier molecular flexibility index (Phi) is 3.64. The van der Waals surface area contributed by atoms with Crippen LogP contribution in [0.25, 0.3) is 27.6 Å². The summed E-state index contributed by atoms with van der Waals surface area (Å²) in [7, 11) is 0. The molecule has 0 amide bonds. The normalized spacial score (nSPS) is 11.3. The Hall–Kier alpha value is -3.26. The lowest BCUT2D eigenvalue weighted by molar-refractivity contribution is 0.105. The maximum atomic E-state index is 12.9. The molecule has 4 aromatic rings. The molecule has 0 bridgehead atoms. The largest absolute Gasteiger partial charge is 0.289 e. The fraction of sp³-hybridized carbons (Fsp3) is 0. The van der Waals surface area contributed by atoms with E-state index in [1.165, 1.54) is 0 Å². The topological polar surface area (TPSA) is 30.0 Å². The van der Waals surface area contributed by atoms with Crippen LogP contribution < -0.4 is 0 Å². The summed E-state index contributed by atoms with van der Waals surface area (Å²) < 4.78 is 0. The standard InChI is InChI=1S/C22H15NO/c24-21(13-12-18-9-5-6-14-23-18)22-19-10-3-1-7-16(19)15-17-8-2-4-11-20(17)22/h1-15H/b13-12-. The van der Waals surface area contributed by atoms with Gasteiger partial charge in [0.2, 0.25) is 0 Å². The molecule has 1 aromatic heterocycles. The molecule has 0 radical (unpaired) electrons. The molecular weight excluding hydrogens is 294 g/mol. The maximum Gasteiger partial charge on any atom is 0.187 e. The molecule has 0 aliphatic heterocycles. The van der Waals surface area contributed by atoms with E-state index in [0.717, 1.165) is 32.8 Å². The van der Waals surface area contributed by atoms with Crippen LogP contribution in [0.4, 0.5) is 0 Å². The van der Waals surface area contributed by atoms with Crippen molar-refractivity contribution in [3.8, 4) is 0 Å². The van der Waals surface area contributed by atoms with E-state index in [1.54, 1.807) is 18.3 Å². The number of fused-ring (bicyclic) bond motifs is 2. The molecule has 2 nitrogen and oxygen atoms in total. The Morgan fingerprint density at radius 3 is 2.04 bits per heavy atom. The number of nitrogens with zero attached hydrogens (tertiary/aromatic N) is 1. The van der Waals surface area contributed by atoms with Crippen molar-refractivity contribution in [3.05, 3.63) is 96.3 Å². The van der Waals surface area contributed by atoms with Gasteiger partial charge in [-0.05, 0) is 51.9 Å². The molecular formula is C22H15NO. The van der Waals surface area contributed by atoms with Gasteiger partial charge < -0.3 is 0 Å². The molecule has 0 aliphatic carbocycles. The predicted octanol–water partition coefficient (Wildman–Crippen LogP) is 5.28. The second-order valence-electron chi connectivity index (χ2n) is 5.65. The second-order valence-corrected chi connectivity index (χ2v) is 5.65. The lowest BCUT2D eigenvalue weighted by Gasteiger charge is -2.09. The summed E-state index contributed by atoms with van der Waals surface area (Å²) in [6, 6.07) is 23.8. The van der Waals surface area contributed by atoms with Crippen LogP contribution in [0.3, 0.4) is 0 Å². The lowest BCUT2D eigenvalue weighted by atomic mass is 9.94. The first kappa shape index (κ1) is 14.3. The summed E-state index contributed by atoms with van der Waals surface area (Å²) in [5, 5.41) is 4.11. The van der Waals surface area contributed by atoms with Crippen molar-refractivity contribution in [2.75, 3.05) is 0 Å². The highest BCUT2D eigenvalue weighted by Gasteiger charge is 2.12. The van der Waals surface area contributed by atoms with Gasteiger partial charge in [0.25, 0.3) is 0 Å². The molecule has 114 valence electrons. The van der Waals surface area contributed by atoms with E-state index in [1.807, 2.05) is 66.7 Å². The lowest BCUT2D eigenvalue weighted by Crippen LogP contribution is -1.98. The first-order valence-electron chi connectivity index (χ1n) is 7.87. The second kappa shape index (κ2) is 6.09. The summed E-state index contributed by atoms with van der Waals surface area (Å²) in [5.41, 5.74) is 1.52. The first-order chi connectivity index (χ1) is 11.8. The van der Waals surface area contributed by atoms with E-state index in [2.05, 4.69) is 11.1 Å². The highest BCUT2D eigenvalue weighted by atomic mass is 16.1. The van der Waals surface area contributed by atoms with Gasteiger partial charge in [0.15, 0.2) is 5.78 Å². The Morgan fingerprint density at radius 1 is 0.792 bits per heavy atom. The van der Waals surface area contributed by atoms with E-state index in [-0.39, 0.29) is 5.78 Å². The Balaban J connectivity index is 1.90. The summed E-state index contributed by atoms with van der Waals surface area (Å²) >= 11 is 0. The molecule has 0 atom stereocenters. The number of hydrogen-bond donors (Lipinski definition) is 0. The Labute approximate surface area is 140 Å². The molecule has 2 heteroatoms. The Bertz CT molecular complexity index is 1010. The molecule has 0 saturated carbocycles. The van der Waals surface area contributed by atoms with Gasteiger partial charge >= 0.3 is 0 Å². The number of benzene rings is 3. The number of allylic oxidation sites excluding steroid dienone is 1. The van der Waals surface area contributed by atoms with Crippen molar-refractivity contribution in [2.24, 2.45) is 0 Å². The molecule has 0 fully saturated rings. The highest BCUT2D eigenvalue weighted by molar-refractivity contribution is 6.23. The van der Waals surface area contributed by atoms with Crippen LogP contribution >= 0.6 is 0 Å². The van der Waals surface area contributed by atoms with Crippen LogP contribution in [0.2, 0.25) is 0 Å². The van der Waals surface area contributed by atoms with Gasteiger partial charge in [-0.15, -0.1) is 0 Å². The first-order valence-corrected chi connectivity index (χ1v) is 7.87. The van der Waals surface area contributed by atoms with Crippen molar-refractivity contribution in [3.63, 3.8) is 0 Å². The van der Waals surface area contributed by atoms with Gasteiger partial charge in [-0.1, -0.05) is 54.6 Å². The molecule has 1 heterocycles. The Morgan fingerprint density at radius 2 is 1.42 bits per heavy atom. The minimum Gasteiger partial charge on any atom is -0.289 e. The van der Waals surface area contributed by atoms with Gasteiger partial charge in [-0.3, -0.25) is 9.78 Å². The SMILES string of the molecule is O=C(/C=C\c1ccccn1)c1c2ccccc2cc2ccccc12. The van der Waals surface area contributed by atoms with Crippen LogP contribution in [0.1, 0.15) is 16.1 Å². The fourth-order valence-electron chi connectivity index (χ4n) is 3.00. The van der Waals surface area contributed by atoms with Crippen LogP contribution in [0.5, 0.6) is 0 Å². The smallest absolute Gasteiger partial charge is 0.187 e. The average molecular weight is 309 g/mol. The van der Waals surface area contributed by atoms with E-state index >= 15 is 0 Å². The third-order valence-electron chi connectivity index (χ3n) is 4.11. The van der Waals surface area contributed by atoms with Crippen molar-refractivity contribution in [2.45, 2.75) is 0 Å². The molecule has 24 heavy (non-hydrogen) atoms. The zero-order chi connectivity index (χ0) is 16.4. The van der Waals surface area contributed by atoms with Crippen LogP contribution in [0.15, 0.2) is 85.1 Å². The minimum atomic E-state index is -0.00588. The number of hydrogen-bond acceptors (Lipinski definition) is 2. The third kappa shape index (κ3) is 2.59. The zero-order valence-electron chi connectivity index (χ0n) is 13.0. The minimum absolute atomic E-state index is 0.00588. The van der Waals surface area contributed by atoms with Crippen LogP contribution in [-0.2, 0) is 0 Å². The zero-order valence-corrected chi connectivity index (χ0v) is 13.0. The average Bonchev–Trinajstić information content (AvgIpc) is 2.65. The molecule has 0 spiro atoms. The number of aromatic nitrogens is 1. The van der Waals surface area contributed by atoms with Gasteiger partial charge in [0.05, 0.1) is 5.69 Å². The van der Waals surface area contributed by atoms with Crippen LogP contribution in [0, 0.1) is 0 Å². The number of pyridine rings is 1. The monoisotopic (exact) mass is 309 g/mol. The maximum absolute atomic E-state index is 12.9. The van der Waals surface area contributed by atoms with Gasteiger partial charge in [-0.2, -0.15) is 0 Å². The quantitative estimate of drug-likeness (QED) is 0.292. The van der Waals surface area contributed by atoms with Crippen LogP contribution in [-0.4, -0.2) is 10.8 Å². The van der Waals surface area contributed by atoms with Crippen molar-refractivity contribution in [1.82, 2.24) is 4.98 Å². The predicted molar refractivity (Wildman–Crippen MR) is 99.1 cm³/mol. The van der Waals surface area contributed by atoms with E-state index < -0.39 is 0 Å². The number of carbonyl (C=O) groups is 1. The van der Waals surface area contributed by atoms with E-state index in [9.17, 15) is 4.79 Å². The summed E-state index contributed by atoms with van der Waals surface area (Å²) in [4.78, 5) is 17.2. The molecule has 4 rings (SSSR count). The number of rotatable bonds is 3. The molecule has 0 unspecified atom stereocenters. The van der Waals surface area contributed by atoms with Crippen molar-refractivity contribution >= 4 is 33.4 Å². The summed E-state index contributed by atoms with van der Waals surface area (Å²) in [6.07, 6.45) is 5.09. The third-order valence-corrected chi connectivity index (χ3v) is 4.11. The van der Waals surface area contributed by atoms with E-state index in [0.29, 0.717) is 0 Å². The molecule has 3 aromatic carbocycles. The number of ketones is 1. The van der Waals surface area contributed by atoms with Gasteiger partial charge in [0.1, 0.15) is 0 Å². The molecule has 0 saturated heterocycles. The fourth-order valence-corrected chi connectivity index (χ4v) is 3.00. The molecule has 0 N–H and O–H groups in total.